The highest BCUT2D eigenvalue weighted by Crippen LogP contribution is 2.65. The highest BCUT2D eigenvalue weighted by molar-refractivity contribution is 9.10. The first kappa shape index (κ1) is 12.5. The molecular weight excluding hydrogens is 296 g/mol. The Morgan fingerprint density at radius 1 is 1.50 bits per heavy atom. The lowest BCUT2D eigenvalue weighted by Gasteiger charge is -2.35. The largest absolute Gasteiger partial charge is 0.298 e. The van der Waals surface area contributed by atoms with Gasteiger partial charge in [-0.2, -0.15) is 8.42 Å². The fourth-order valence-corrected chi connectivity index (χ4v) is 6.12. The molecule has 92 valence electrons. The Morgan fingerprint density at radius 2 is 2.06 bits per heavy atom. The van der Waals surface area contributed by atoms with Gasteiger partial charge in [0.2, 0.25) is 0 Å². The molecule has 2 aliphatic rings. The van der Waals surface area contributed by atoms with Crippen LogP contribution in [0.2, 0.25) is 0 Å². The third-order valence-corrected chi connectivity index (χ3v) is 6.46. The average molecular weight is 311 g/mol. The van der Waals surface area contributed by atoms with Crippen molar-refractivity contribution in [3.63, 3.8) is 0 Å². The van der Waals surface area contributed by atoms with E-state index in [0.717, 1.165) is 6.42 Å². The molecule has 0 unspecified atom stereocenters. The molecule has 2 saturated carbocycles. The first-order valence-electron chi connectivity index (χ1n) is 5.25. The zero-order valence-electron chi connectivity index (χ0n) is 9.23. The number of fused-ring (bicyclic) bond motifs is 2. The summed E-state index contributed by atoms with van der Waals surface area (Å²) in [6.07, 6.45) is 1.40. The molecule has 0 spiro atoms. The van der Waals surface area contributed by atoms with E-state index in [1.54, 1.807) is 0 Å². The van der Waals surface area contributed by atoms with Gasteiger partial charge in [-0.15, -0.1) is 0 Å². The quantitative estimate of drug-likeness (QED) is 0.622. The van der Waals surface area contributed by atoms with Crippen molar-refractivity contribution < 1.29 is 17.8 Å². The lowest BCUT2D eigenvalue weighted by Crippen LogP contribution is -2.43. The number of alkyl halides is 1. The lowest BCUT2D eigenvalue weighted by molar-refractivity contribution is -0.127. The summed E-state index contributed by atoms with van der Waals surface area (Å²) in [7, 11) is -4.12. The van der Waals surface area contributed by atoms with Gasteiger partial charge in [0.25, 0.3) is 10.1 Å². The van der Waals surface area contributed by atoms with Crippen molar-refractivity contribution in [2.24, 2.45) is 16.7 Å². The van der Waals surface area contributed by atoms with Crippen molar-refractivity contribution in [2.75, 3.05) is 5.75 Å². The van der Waals surface area contributed by atoms with Crippen LogP contribution in [0.1, 0.15) is 26.7 Å². The molecule has 2 bridgehead atoms. The standard InChI is InChI=1S/C10H15BrO4S/c1-9(2)6-3-4-10(9,5-16(13,14)15)8(12)7(6)11/h6-7H,3-5H2,1-2H3,(H,13,14,15)/t6-,7-,10-/m1/s1. The molecule has 16 heavy (non-hydrogen) atoms. The molecule has 3 atom stereocenters. The van der Waals surface area contributed by atoms with Gasteiger partial charge in [0.1, 0.15) is 0 Å². The van der Waals surface area contributed by atoms with Gasteiger partial charge in [-0.3, -0.25) is 9.35 Å². The minimum atomic E-state index is -4.12. The Hall–Kier alpha value is 0.0600. The molecule has 2 fully saturated rings. The van der Waals surface area contributed by atoms with Crippen LogP contribution in [0.5, 0.6) is 0 Å². The second kappa shape index (κ2) is 3.29. The molecule has 0 amide bonds. The number of carbonyl (C=O) groups is 1. The van der Waals surface area contributed by atoms with Gasteiger partial charge in [-0.1, -0.05) is 29.8 Å². The maximum absolute atomic E-state index is 12.2. The molecular formula is C10H15BrO4S. The molecule has 0 radical (unpaired) electrons. The summed E-state index contributed by atoms with van der Waals surface area (Å²) in [6.45, 7) is 3.85. The van der Waals surface area contributed by atoms with Gasteiger partial charge in [-0.05, 0) is 24.2 Å². The summed E-state index contributed by atoms with van der Waals surface area (Å²) >= 11 is 3.35. The minimum Gasteiger partial charge on any atom is -0.298 e. The van der Waals surface area contributed by atoms with E-state index in [2.05, 4.69) is 15.9 Å². The van der Waals surface area contributed by atoms with E-state index in [-0.39, 0.29) is 21.9 Å². The summed E-state index contributed by atoms with van der Waals surface area (Å²) in [5.41, 5.74) is -1.27. The zero-order chi connectivity index (χ0) is 12.4. The third-order valence-electron chi connectivity index (χ3n) is 4.55. The van der Waals surface area contributed by atoms with Crippen LogP contribution in [-0.2, 0) is 14.9 Å². The van der Waals surface area contributed by atoms with Crippen molar-refractivity contribution in [1.82, 2.24) is 0 Å². The summed E-state index contributed by atoms with van der Waals surface area (Å²) in [5, 5.41) is 0. The van der Waals surface area contributed by atoms with Gasteiger partial charge >= 0.3 is 0 Å². The molecule has 2 aliphatic carbocycles. The first-order valence-corrected chi connectivity index (χ1v) is 7.78. The van der Waals surface area contributed by atoms with Crippen molar-refractivity contribution in [2.45, 2.75) is 31.5 Å². The van der Waals surface area contributed by atoms with Crippen molar-refractivity contribution >= 4 is 31.8 Å². The maximum Gasteiger partial charge on any atom is 0.265 e. The smallest absolute Gasteiger partial charge is 0.265 e. The van der Waals surface area contributed by atoms with Crippen molar-refractivity contribution in [3.05, 3.63) is 0 Å². The van der Waals surface area contributed by atoms with E-state index in [9.17, 15) is 13.2 Å². The number of hydrogen-bond donors (Lipinski definition) is 1. The molecule has 4 nitrogen and oxygen atoms in total. The SMILES string of the molecule is CC1(C)[C@@H]2CC[C@@]1(CS(=O)(=O)O)C(=O)[C@@H]2Br. The van der Waals surface area contributed by atoms with E-state index in [0.29, 0.717) is 6.42 Å². The number of ketones is 1. The van der Waals surface area contributed by atoms with E-state index in [4.69, 9.17) is 4.55 Å². The second-order valence-electron chi connectivity index (χ2n) is 5.44. The van der Waals surface area contributed by atoms with Crippen LogP contribution in [0.25, 0.3) is 0 Å². The van der Waals surface area contributed by atoms with Gasteiger partial charge in [0.05, 0.1) is 16.0 Å². The molecule has 0 aromatic carbocycles. The number of Topliss-reactive ketones (excluding diaryl/α,β-unsaturated/α-hetero) is 1. The van der Waals surface area contributed by atoms with Crippen molar-refractivity contribution in [3.8, 4) is 0 Å². The number of halogens is 1. The maximum atomic E-state index is 12.2. The summed E-state index contributed by atoms with van der Waals surface area (Å²) in [5.74, 6) is -0.335. The molecule has 0 aliphatic heterocycles. The number of carbonyl (C=O) groups excluding carboxylic acids is 1. The molecule has 1 N–H and O–H groups in total. The van der Waals surface area contributed by atoms with E-state index < -0.39 is 21.3 Å². The highest BCUT2D eigenvalue weighted by atomic mass is 79.9. The van der Waals surface area contributed by atoms with E-state index in [1.165, 1.54) is 0 Å². The van der Waals surface area contributed by atoms with Gasteiger partial charge < -0.3 is 0 Å². The Labute approximate surface area is 104 Å². The van der Waals surface area contributed by atoms with Crippen molar-refractivity contribution in [1.29, 1.82) is 0 Å². The Balaban J connectivity index is 2.50. The molecule has 2 rings (SSSR count). The highest BCUT2D eigenvalue weighted by Gasteiger charge is 2.69. The fourth-order valence-electron chi connectivity index (χ4n) is 3.48. The Bertz CT molecular complexity index is 442. The summed E-state index contributed by atoms with van der Waals surface area (Å²) in [4.78, 5) is 11.9. The summed E-state index contributed by atoms with van der Waals surface area (Å²) in [6, 6.07) is 0. The molecule has 6 heteroatoms. The van der Waals surface area contributed by atoms with Gasteiger partial charge in [-0.25, -0.2) is 0 Å². The fraction of sp³-hybridized carbons (Fsp3) is 0.900. The van der Waals surface area contributed by atoms with Crippen LogP contribution in [0.4, 0.5) is 0 Å². The summed E-state index contributed by atoms with van der Waals surface area (Å²) < 4.78 is 31.2. The van der Waals surface area contributed by atoms with Crippen LogP contribution in [0.15, 0.2) is 0 Å². The normalized spacial score (nSPS) is 41.6. The van der Waals surface area contributed by atoms with Crippen LogP contribution in [0.3, 0.4) is 0 Å². The molecule has 0 aromatic heterocycles. The second-order valence-corrected chi connectivity index (χ2v) is 7.88. The number of rotatable bonds is 2. The van der Waals surface area contributed by atoms with E-state index in [1.807, 2.05) is 13.8 Å². The first-order chi connectivity index (χ1) is 7.12. The predicted octanol–water partition coefficient (Wildman–Crippen LogP) is 1.64. The van der Waals surface area contributed by atoms with Crippen LogP contribution >= 0.6 is 15.9 Å². The molecule has 0 aromatic rings. The van der Waals surface area contributed by atoms with E-state index >= 15 is 0 Å². The lowest BCUT2D eigenvalue weighted by atomic mass is 9.70. The van der Waals surface area contributed by atoms with Crippen LogP contribution in [0, 0.1) is 16.7 Å². The predicted molar refractivity (Wildman–Crippen MR) is 63.1 cm³/mol. The van der Waals surface area contributed by atoms with Crippen LogP contribution < -0.4 is 0 Å². The molecule has 0 saturated heterocycles. The number of hydrogen-bond acceptors (Lipinski definition) is 3. The van der Waals surface area contributed by atoms with Crippen LogP contribution in [-0.4, -0.2) is 29.3 Å². The third kappa shape index (κ3) is 1.42. The topological polar surface area (TPSA) is 71.4 Å². The Morgan fingerprint density at radius 3 is 2.44 bits per heavy atom. The minimum absolute atomic E-state index is 0.0635. The zero-order valence-corrected chi connectivity index (χ0v) is 11.6. The Kier molecular flexibility index (Phi) is 2.58. The van der Waals surface area contributed by atoms with Gasteiger partial charge in [0, 0.05) is 0 Å². The average Bonchev–Trinajstić information content (AvgIpc) is 2.39. The van der Waals surface area contributed by atoms with Gasteiger partial charge in [0.15, 0.2) is 5.78 Å². The molecule has 0 heterocycles. The monoisotopic (exact) mass is 310 g/mol.